The first-order valence-corrected chi connectivity index (χ1v) is 10.9. The van der Waals surface area contributed by atoms with E-state index in [9.17, 15) is 27.9 Å². The molecule has 2 aromatic carbocycles. The first-order chi connectivity index (χ1) is 16.2. The predicted octanol–water partition coefficient (Wildman–Crippen LogP) is 4.54. The molecule has 0 fully saturated rings. The number of rotatable bonds is 8. The fourth-order valence-electron chi connectivity index (χ4n) is 3.45. The van der Waals surface area contributed by atoms with Crippen LogP contribution in [0.3, 0.4) is 0 Å². The number of aromatic nitrogens is 2. The predicted molar refractivity (Wildman–Crippen MR) is 120 cm³/mol. The van der Waals surface area contributed by atoms with Crippen molar-refractivity contribution in [1.29, 1.82) is 0 Å². The molecule has 0 spiro atoms. The molecule has 3 N–H and O–H groups in total. The molecule has 4 rings (SSSR count). The molecule has 1 amide bonds. The average molecular weight is 489 g/mol. The highest BCUT2D eigenvalue weighted by molar-refractivity contribution is 7.13. The third kappa shape index (κ3) is 5.73. The lowest BCUT2D eigenvalue weighted by atomic mass is 10.0. The molecule has 0 aliphatic rings. The van der Waals surface area contributed by atoms with Crippen LogP contribution in [0, 0.1) is 0 Å². The zero-order valence-electron chi connectivity index (χ0n) is 17.4. The molecule has 0 aliphatic heterocycles. The third-order valence-corrected chi connectivity index (χ3v) is 5.90. The number of para-hydroxylation sites is 1. The smallest absolute Gasteiger partial charge is 0.480 e. The molecule has 0 radical (unpaired) electrons. The van der Waals surface area contributed by atoms with Crippen LogP contribution in [0.1, 0.15) is 11.3 Å². The number of benzene rings is 2. The number of ether oxygens (including phenoxy) is 1. The average Bonchev–Trinajstić information content (AvgIpc) is 3.40. The summed E-state index contributed by atoms with van der Waals surface area (Å²) in [5.74, 6) is -2.00. The van der Waals surface area contributed by atoms with Crippen molar-refractivity contribution in [2.75, 3.05) is 0 Å². The van der Waals surface area contributed by atoms with Gasteiger partial charge in [-0.15, -0.1) is 24.5 Å². The maximum Gasteiger partial charge on any atom is 0.573 e. The second kappa shape index (κ2) is 9.56. The van der Waals surface area contributed by atoms with E-state index in [-0.39, 0.29) is 18.6 Å². The molecule has 4 aromatic rings. The van der Waals surface area contributed by atoms with Crippen LogP contribution < -0.4 is 10.1 Å². The molecular formula is C23H18F3N3O4S. The first kappa shape index (κ1) is 23.3. The quantitative estimate of drug-likeness (QED) is 0.337. The third-order valence-electron chi connectivity index (χ3n) is 4.96. The maximum absolute atomic E-state index is 12.5. The number of hydrogen-bond acceptors (Lipinski definition) is 5. The van der Waals surface area contributed by atoms with Gasteiger partial charge in [-0.05, 0) is 35.9 Å². The Hall–Kier alpha value is -3.86. The van der Waals surface area contributed by atoms with Gasteiger partial charge in [-0.2, -0.15) is 0 Å². The Balaban J connectivity index is 1.39. The van der Waals surface area contributed by atoms with Gasteiger partial charge in [0.2, 0.25) is 5.91 Å². The number of halogens is 3. The lowest BCUT2D eigenvalue weighted by molar-refractivity contribution is -0.274. The van der Waals surface area contributed by atoms with Gasteiger partial charge in [0.25, 0.3) is 0 Å². The minimum absolute atomic E-state index is 0.111. The van der Waals surface area contributed by atoms with Gasteiger partial charge < -0.3 is 20.1 Å². The van der Waals surface area contributed by atoms with Crippen molar-refractivity contribution in [3.63, 3.8) is 0 Å². The molecule has 0 bridgehead atoms. The fourth-order valence-corrected chi connectivity index (χ4v) is 4.28. The van der Waals surface area contributed by atoms with E-state index in [1.54, 1.807) is 11.6 Å². The molecular weight excluding hydrogens is 471 g/mol. The summed E-state index contributed by atoms with van der Waals surface area (Å²) in [6, 6.07) is 11.6. The van der Waals surface area contributed by atoms with Crippen LogP contribution in [0.5, 0.6) is 5.75 Å². The standard InChI is InChI=1S/C23H18F3N3O4S/c24-23(25,26)33-16-7-5-13(6-8-16)21-28-15(12-34-21)10-20(30)29-19(22(31)32)9-14-11-27-18-4-2-1-3-17(14)18/h1-8,11-12,19,27H,9-10H2,(H,29,30)(H,31,32). The summed E-state index contributed by atoms with van der Waals surface area (Å²) >= 11 is 1.22. The number of amides is 1. The second-order valence-corrected chi connectivity index (χ2v) is 8.27. The van der Waals surface area contributed by atoms with E-state index < -0.39 is 24.3 Å². The highest BCUT2D eigenvalue weighted by Gasteiger charge is 2.31. The Morgan fingerprint density at radius 2 is 1.88 bits per heavy atom. The lowest BCUT2D eigenvalue weighted by Crippen LogP contribution is -2.43. The van der Waals surface area contributed by atoms with Gasteiger partial charge in [-0.25, -0.2) is 9.78 Å². The number of carbonyl (C=O) groups excluding carboxylic acids is 1. The molecule has 1 atom stereocenters. The summed E-state index contributed by atoms with van der Waals surface area (Å²) in [6.07, 6.45) is -3.07. The molecule has 0 saturated carbocycles. The number of carboxylic acids is 1. The van der Waals surface area contributed by atoms with E-state index in [1.807, 2.05) is 24.3 Å². The zero-order valence-corrected chi connectivity index (χ0v) is 18.2. The number of aromatic amines is 1. The summed E-state index contributed by atoms with van der Waals surface area (Å²) < 4.78 is 40.7. The highest BCUT2D eigenvalue weighted by atomic mass is 32.1. The lowest BCUT2D eigenvalue weighted by Gasteiger charge is -2.14. The molecule has 2 aromatic heterocycles. The number of H-pyrrole nitrogens is 1. The number of hydrogen-bond donors (Lipinski definition) is 3. The normalized spacial score (nSPS) is 12.4. The van der Waals surface area contributed by atoms with Crippen molar-refractivity contribution in [3.8, 4) is 16.3 Å². The molecule has 176 valence electrons. The Labute approximate surface area is 195 Å². The van der Waals surface area contributed by atoms with Crippen molar-refractivity contribution >= 4 is 34.1 Å². The van der Waals surface area contributed by atoms with Crippen molar-refractivity contribution in [1.82, 2.24) is 15.3 Å². The summed E-state index contributed by atoms with van der Waals surface area (Å²) in [4.78, 5) is 31.7. The highest BCUT2D eigenvalue weighted by Crippen LogP contribution is 2.28. The monoisotopic (exact) mass is 489 g/mol. The van der Waals surface area contributed by atoms with E-state index in [0.717, 1.165) is 16.5 Å². The zero-order chi connectivity index (χ0) is 24.3. The summed E-state index contributed by atoms with van der Waals surface area (Å²) in [5.41, 5.74) is 2.64. The van der Waals surface area contributed by atoms with Gasteiger partial charge in [0.05, 0.1) is 12.1 Å². The van der Waals surface area contributed by atoms with Crippen LogP contribution in [-0.2, 0) is 22.4 Å². The molecule has 2 heterocycles. The summed E-state index contributed by atoms with van der Waals surface area (Å²) in [6.45, 7) is 0. The Morgan fingerprint density at radius 3 is 2.59 bits per heavy atom. The van der Waals surface area contributed by atoms with Gasteiger partial charge >= 0.3 is 12.3 Å². The molecule has 0 saturated heterocycles. The number of nitrogens with one attached hydrogen (secondary N) is 2. The van der Waals surface area contributed by atoms with E-state index in [4.69, 9.17) is 0 Å². The fraction of sp³-hybridized carbons (Fsp3) is 0.174. The number of carboxylic acid groups (broad SMARTS) is 1. The van der Waals surface area contributed by atoms with Gasteiger partial charge in [-0.3, -0.25) is 4.79 Å². The van der Waals surface area contributed by atoms with Crippen LogP contribution in [0.2, 0.25) is 0 Å². The molecule has 1 unspecified atom stereocenters. The van der Waals surface area contributed by atoms with Crippen LogP contribution >= 0.6 is 11.3 Å². The maximum atomic E-state index is 12.5. The Kier molecular flexibility index (Phi) is 6.55. The second-order valence-electron chi connectivity index (χ2n) is 7.41. The van der Waals surface area contributed by atoms with Crippen molar-refractivity contribution < 1.29 is 32.6 Å². The van der Waals surface area contributed by atoms with Gasteiger partial charge in [0.1, 0.15) is 16.8 Å². The van der Waals surface area contributed by atoms with E-state index in [1.165, 1.54) is 35.6 Å². The number of alkyl halides is 3. The van der Waals surface area contributed by atoms with Crippen LogP contribution in [0.15, 0.2) is 60.1 Å². The van der Waals surface area contributed by atoms with Crippen LogP contribution in [-0.4, -0.2) is 39.4 Å². The first-order valence-electron chi connectivity index (χ1n) is 10.1. The van der Waals surface area contributed by atoms with Crippen LogP contribution in [0.25, 0.3) is 21.5 Å². The molecule has 34 heavy (non-hydrogen) atoms. The molecule has 7 nitrogen and oxygen atoms in total. The number of fused-ring (bicyclic) bond motifs is 1. The minimum atomic E-state index is -4.77. The SMILES string of the molecule is O=C(Cc1csc(-c2ccc(OC(F)(F)F)cc2)n1)NC(Cc1c[nH]c2ccccc12)C(=O)O. The molecule has 11 heteroatoms. The number of carbonyl (C=O) groups is 2. The topological polar surface area (TPSA) is 104 Å². The largest absolute Gasteiger partial charge is 0.573 e. The number of nitrogens with zero attached hydrogens (tertiary/aromatic N) is 1. The van der Waals surface area contributed by atoms with Crippen LogP contribution in [0.4, 0.5) is 13.2 Å². The van der Waals surface area contributed by atoms with Gasteiger partial charge in [0.15, 0.2) is 0 Å². The Bertz CT molecular complexity index is 1320. The minimum Gasteiger partial charge on any atom is -0.480 e. The summed E-state index contributed by atoms with van der Waals surface area (Å²) in [5, 5.41) is 15.2. The van der Waals surface area contributed by atoms with Gasteiger partial charge in [0, 0.05) is 34.5 Å². The van der Waals surface area contributed by atoms with E-state index in [0.29, 0.717) is 16.3 Å². The van der Waals surface area contributed by atoms with Crippen molar-refractivity contribution in [2.45, 2.75) is 25.2 Å². The number of thiazole rings is 1. The summed E-state index contributed by atoms with van der Waals surface area (Å²) in [7, 11) is 0. The van der Waals surface area contributed by atoms with Crippen molar-refractivity contribution in [3.05, 3.63) is 71.4 Å². The van der Waals surface area contributed by atoms with E-state index >= 15 is 0 Å². The Morgan fingerprint density at radius 1 is 1.15 bits per heavy atom. The number of aliphatic carboxylic acids is 1. The van der Waals surface area contributed by atoms with Gasteiger partial charge in [-0.1, -0.05) is 18.2 Å². The molecule has 0 aliphatic carbocycles. The van der Waals surface area contributed by atoms with Crippen molar-refractivity contribution in [2.24, 2.45) is 0 Å². The van der Waals surface area contributed by atoms with E-state index in [2.05, 4.69) is 20.0 Å².